The number of carbonyl (C=O) groups excluding carboxylic acids is 1. The molecule has 0 saturated heterocycles. The van der Waals surface area contributed by atoms with Crippen LogP contribution in [0.1, 0.15) is 98.8 Å². The van der Waals surface area contributed by atoms with Crippen LogP contribution in [-0.4, -0.2) is 30.6 Å². The van der Waals surface area contributed by atoms with Crippen molar-refractivity contribution in [1.29, 1.82) is 0 Å². The van der Waals surface area contributed by atoms with Crippen molar-refractivity contribution in [3.63, 3.8) is 0 Å². The first-order valence-corrected chi connectivity index (χ1v) is 10.2. The van der Waals surface area contributed by atoms with E-state index >= 15 is 0 Å². The average Bonchev–Trinajstić information content (AvgIpc) is 3.02. The molecule has 0 aliphatic carbocycles. The van der Waals surface area contributed by atoms with Gasteiger partial charge >= 0.3 is 5.97 Å². The summed E-state index contributed by atoms with van der Waals surface area (Å²) < 4.78 is 11.2. The summed E-state index contributed by atoms with van der Waals surface area (Å²) in [4.78, 5) is 16.1. The van der Waals surface area contributed by atoms with E-state index in [0.29, 0.717) is 12.5 Å². The number of rotatable bonds is 12. The number of ether oxygens (including phenoxy) is 2. The van der Waals surface area contributed by atoms with Crippen LogP contribution in [0.5, 0.6) is 0 Å². The van der Waals surface area contributed by atoms with Crippen molar-refractivity contribution in [3.8, 4) is 0 Å². The molecule has 4 nitrogen and oxygen atoms in total. The lowest BCUT2D eigenvalue weighted by atomic mass is 9.88. The van der Waals surface area contributed by atoms with E-state index in [9.17, 15) is 4.79 Å². The molecule has 0 fully saturated rings. The lowest BCUT2D eigenvalue weighted by Gasteiger charge is -2.21. The summed E-state index contributed by atoms with van der Waals surface area (Å²) in [6.07, 6.45) is 12.1. The molecule has 0 N–H and O–H groups in total. The van der Waals surface area contributed by atoms with E-state index in [4.69, 9.17) is 9.47 Å². The molecule has 1 heterocycles. The topological polar surface area (TPSA) is 47.9 Å². The van der Waals surface area contributed by atoms with Crippen LogP contribution in [0, 0.1) is 5.41 Å². The van der Waals surface area contributed by atoms with Gasteiger partial charge in [0.25, 0.3) is 0 Å². The summed E-state index contributed by atoms with van der Waals surface area (Å²) in [6.45, 7) is 10.8. The van der Waals surface area contributed by atoms with Gasteiger partial charge in [-0.25, -0.2) is 4.99 Å². The number of nitrogens with zero attached hydrogens (tertiary/aromatic N) is 1. The zero-order valence-electron chi connectivity index (χ0n) is 17.1. The maximum Gasteiger partial charge on any atom is 0.303 e. The summed E-state index contributed by atoms with van der Waals surface area (Å²) in [5, 5.41) is 0. The molecule has 2 atom stereocenters. The third kappa shape index (κ3) is 9.27. The standard InChI is InChI=1S/C21H39NO3/c1-6-7-8-9-10-11-12-13-14-15-18(25-17(2)23)20-22-19(16-24-20)21(3,4)5/h18-19H,6-16H2,1-5H3/t18-,19+/m0/s1. The lowest BCUT2D eigenvalue weighted by molar-refractivity contribution is -0.144. The molecular formula is C21H39NO3. The molecule has 0 aromatic carbocycles. The fourth-order valence-corrected chi connectivity index (χ4v) is 3.09. The normalized spacial score (nSPS) is 18.6. The second-order valence-corrected chi connectivity index (χ2v) is 8.38. The lowest BCUT2D eigenvalue weighted by Crippen LogP contribution is -2.26. The second kappa shape index (κ2) is 11.5. The van der Waals surface area contributed by atoms with E-state index in [1.165, 1.54) is 58.3 Å². The van der Waals surface area contributed by atoms with E-state index in [-0.39, 0.29) is 23.5 Å². The fraction of sp³-hybridized carbons (Fsp3) is 0.905. The summed E-state index contributed by atoms with van der Waals surface area (Å²) in [5.41, 5.74) is 0.0697. The Bertz CT molecular complexity index is 412. The highest BCUT2D eigenvalue weighted by Crippen LogP contribution is 2.27. The van der Waals surface area contributed by atoms with Gasteiger partial charge in [-0.05, 0) is 18.3 Å². The monoisotopic (exact) mass is 353 g/mol. The van der Waals surface area contributed by atoms with Gasteiger partial charge in [-0.1, -0.05) is 79.1 Å². The zero-order valence-corrected chi connectivity index (χ0v) is 17.1. The molecule has 146 valence electrons. The van der Waals surface area contributed by atoms with Gasteiger partial charge in [0.05, 0.1) is 6.04 Å². The van der Waals surface area contributed by atoms with Gasteiger partial charge < -0.3 is 9.47 Å². The summed E-state index contributed by atoms with van der Waals surface area (Å²) in [7, 11) is 0. The predicted molar refractivity (Wildman–Crippen MR) is 104 cm³/mol. The number of hydrogen-bond donors (Lipinski definition) is 0. The Kier molecular flexibility index (Phi) is 10.1. The van der Waals surface area contributed by atoms with Gasteiger partial charge in [0.1, 0.15) is 6.61 Å². The van der Waals surface area contributed by atoms with Gasteiger partial charge in [-0.15, -0.1) is 0 Å². The van der Waals surface area contributed by atoms with Crippen molar-refractivity contribution in [1.82, 2.24) is 0 Å². The van der Waals surface area contributed by atoms with Crippen LogP contribution in [0.3, 0.4) is 0 Å². The highest BCUT2D eigenvalue weighted by Gasteiger charge is 2.34. The molecule has 0 aromatic heterocycles. The molecule has 0 radical (unpaired) electrons. The largest absolute Gasteiger partial charge is 0.476 e. The van der Waals surface area contributed by atoms with Crippen LogP contribution in [0.2, 0.25) is 0 Å². The Morgan fingerprint density at radius 3 is 2.16 bits per heavy atom. The molecule has 1 aliphatic rings. The molecule has 0 bridgehead atoms. The Morgan fingerprint density at radius 2 is 1.68 bits per heavy atom. The van der Waals surface area contributed by atoms with Crippen LogP contribution < -0.4 is 0 Å². The van der Waals surface area contributed by atoms with Gasteiger partial charge in [-0.3, -0.25) is 4.79 Å². The van der Waals surface area contributed by atoms with Crippen LogP contribution >= 0.6 is 0 Å². The molecule has 0 amide bonds. The third-order valence-corrected chi connectivity index (χ3v) is 4.83. The summed E-state index contributed by atoms with van der Waals surface area (Å²) >= 11 is 0. The summed E-state index contributed by atoms with van der Waals surface area (Å²) in [5.74, 6) is 0.362. The van der Waals surface area contributed by atoms with E-state index in [1.807, 2.05) is 0 Å². The highest BCUT2D eigenvalue weighted by atomic mass is 16.6. The Labute approximate surface area is 154 Å². The van der Waals surface area contributed by atoms with Crippen molar-refractivity contribution >= 4 is 11.9 Å². The van der Waals surface area contributed by atoms with Gasteiger partial charge in [-0.2, -0.15) is 0 Å². The van der Waals surface area contributed by atoms with Gasteiger partial charge in [0, 0.05) is 6.92 Å². The van der Waals surface area contributed by atoms with Crippen molar-refractivity contribution in [2.75, 3.05) is 6.61 Å². The molecule has 4 heteroatoms. The minimum Gasteiger partial charge on any atom is -0.476 e. The maximum atomic E-state index is 11.4. The van der Waals surface area contributed by atoms with E-state index in [2.05, 4.69) is 32.7 Å². The van der Waals surface area contributed by atoms with Crippen LogP contribution in [-0.2, 0) is 14.3 Å². The Morgan fingerprint density at radius 1 is 1.12 bits per heavy atom. The number of esters is 1. The minimum atomic E-state index is -0.311. The van der Waals surface area contributed by atoms with Gasteiger partial charge in [0.2, 0.25) is 5.90 Å². The van der Waals surface area contributed by atoms with E-state index < -0.39 is 0 Å². The number of hydrogen-bond acceptors (Lipinski definition) is 4. The smallest absolute Gasteiger partial charge is 0.303 e. The SMILES string of the molecule is CCCCCCCCCCC[C@H](OC(C)=O)C1=N[C@@H](C(C)(C)C)CO1. The molecule has 25 heavy (non-hydrogen) atoms. The molecule has 0 spiro atoms. The Balaban J connectivity index is 2.31. The van der Waals surface area contributed by atoms with Gasteiger partial charge in [0.15, 0.2) is 6.10 Å². The van der Waals surface area contributed by atoms with Crippen LogP contribution in [0.4, 0.5) is 0 Å². The molecule has 0 saturated carbocycles. The number of carbonyl (C=O) groups is 1. The van der Waals surface area contributed by atoms with Crippen molar-refractivity contribution < 1.29 is 14.3 Å². The second-order valence-electron chi connectivity index (χ2n) is 8.38. The quantitative estimate of drug-likeness (QED) is 0.335. The highest BCUT2D eigenvalue weighted by molar-refractivity contribution is 5.84. The molecule has 0 unspecified atom stereocenters. The van der Waals surface area contributed by atoms with Crippen molar-refractivity contribution in [2.24, 2.45) is 10.4 Å². The third-order valence-electron chi connectivity index (χ3n) is 4.83. The summed E-state index contributed by atoms with van der Waals surface area (Å²) in [6, 6.07) is 0.142. The first-order valence-electron chi connectivity index (χ1n) is 10.2. The number of aliphatic imine (C=N–C) groups is 1. The fourth-order valence-electron chi connectivity index (χ4n) is 3.09. The van der Waals surface area contributed by atoms with Crippen molar-refractivity contribution in [3.05, 3.63) is 0 Å². The molecular weight excluding hydrogens is 314 g/mol. The molecule has 0 aromatic rings. The zero-order chi connectivity index (χ0) is 18.7. The average molecular weight is 354 g/mol. The minimum absolute atomic E-state index is 0.0697. The van der Waals surface area contributed by atoms with E-state index in [0.717, 1.165) is 12.8 Å². The molecule has 1 rings (SSSR count). The van der Waals surface area contributed by atoms with Crippen LogP contribution in [0.25, 0.3) is 0 Å². The first-order chi connectivity index (χ1) is 11.8. The number of unbranched alkanes of at least 4 members (excludes halogenated alkanes) is 8. The van der Waals surface area contributed by atoms with Crippen LogP contribution in [0.15, 0.2) is 4.99 Å². The maximum absolute atomic E-state index is 11.4. The van der Waals surface area contributed by atoms with E-state index in [1.54, 1.807) is 0 Å². The first kappa shape index (κ1) is 22.0. The molecule has 1 aliphatic heterocycles. The predicted octanol–water partition coefficient (Wildman–Crippen LogP) is 5.68. The Hall–Kier alpha value is -1.06. The van der Waals surface area contributed by atoms with Crippen molar-refractivity contribution in [2.45, 2.75) is 111 Å².